The number of anilines is 2. The number of likely N-dealkylation sites (N-methyl/N-ethyl adjacent to an activating group) is 1. The molecule has 2 atom stereocenters. The number of fused-ring (bicyclic) bond motifs is 1. The molecule has 0 saturated carbocycles. The maximum absolute atomic E-state index is 14.6. The van der Waals surface area contributed by atoms with Gasteiger partial charge in [-0.3, -0.25) is 4.79 Å². The number of rotatable bonds is 8. The Balaban J connectivity index is 1.31. The fraction of sp³-hybridized carbons (Fsp3) is 0.552. The topological polar surface area (TPSA) is 96.4 Å². The van der Waals surface area contributed by atoms with Crippen molar-refractivity contribution in [3.8, 4) is 16.5 Å². The molecule has 1 fully saturated rings. The maximum atomic E-state index is 14.6. The van der Waals surface area contributed by atoms with Crippen LogP contribution in [0.5, 0.6) is 5.88 Å². The smallest absolute Gasteiger partial charge is 0.230 e. The molecule has 0 aromatic carbocycles. The van der Waals surface area contributed by atoms with E-state index >= 15 is 0 Å². The third-order valence-electron chi connectivity index (χ3n) is 8.07. The highest BCUT2D eigenvalue weighted by Crippen LogP contribution is 2.37. The molecular formula is C29H38FN7O2S. The van der Waals surface area contributed by atoms with Crippen LogP contribution >= 0.6 is 11.3 Å². The van der Waals surface area contributed by atoms with E-state index < -0.39 is 11.7 Å². The summed E-state index contributed by atoms with van der Waals surface area (Å²) in [5.74, 6) is -0.182. The summed E-state index contributed by atoms with van der Waals surface area (Å²) in [5, 5.41) is 14.5. The number of methoxy groups -OCH3 is 1. The SMILES string of the molecule is CCN(C[C@@]1(C)CCc2cc(-c3nnc(N4CCCCC4)s3)c(C)nc2N1)C(=O)[C@H](C)c1cc(OC)ncc1F. The first kappa shape index (κ1) is 28.2. The molecule has 1 N–H and O–H groups in total. The molecule has 0 aliphatic carbocycles. The van der Waals surface area contributed by atoms with Gasteiger partial charge in [0, 0.05) is 43.4 Å². The zero-order valence-corrected chi connectivity index (χ0v) is 24.8. The molecule has 1 amide bonds. The van der Waals surface area contributed by atoms with Crippen molar-refractivity contribution < 1.29 is 13.9 Å². The summed E-state index contributed by atoms with van der Waals surface area (Å²) in [5.41, 5.74) is 2.97. The van der Waals surface area contributed by atoms with Crippen molar-refractivity contribution >= 4 is 28.2 Å². The van der Waals surface area contributed by atoms with Crippen LogP contribution in [0.1, 0.15) is 69.2 Å². The van der Waals surface area contributed by atoms with Crippen molar-refractivity contribution in [2.75, 3.05) is 43.5 Å². The minimum absolute atomic E-state index is 0.135. The monoisotopic (exact) mass is 567 g/mol. The lowest BCUT2D eigenvalue weighted by Crippen LogP contribution is -2.51. The molecule has 3 aromatic rings. The molecule has 5 rings (SSSR count). The van der Waals surface area contributed by atoms with E-state index in [2.05, 4.69) is 38.4 Å². The summed E-state index contributed by atoms with van der Waals surface area (Å²) >= 11 is 1.64. The Hall–Kier alpha value is -3.34. The van der Waals surface area contributed by atoms with Crippen LogP contribution in [0.4, 0.5) is 15.3 Å². The number of hydrogen-bond acceptors (Lipinski definition) is 9. The molecule has 0 unspecified atom stereocenters. The molecule has 0 spiro atoms. The van der Waals surface area contributed by atoms with Crippen molar-refractivity contribution in [3.63, 3.8) is 0 Å². The molecule has 3 aromatic heterocycles. The van der Waals surface area contributed by atoms with Gasteiger partial charge in [-0.05, 0) is 71.4 Å². The fourth-order valence-electron chi connectivity index (χ4n) is 5.63. The third kappa shape index (κ3) is 5.75. The van der Waals surface area contributed by atoms with Gasteiger partial charge in [-0.15, -0.1) is 10.2 Å². The van der Waals surface area contributed by atoms with E-state index in [4.69, 9.17) is 9.72 Å². The standard InChI is InChI=1S/C29H38FN7O2S/c1-6-36(27(38)18(2)21-15-24(39-5)31-16-23(21)30)17-29(4)11-10-20-14-22(19(3)32-25(20)33-29)26-34-35-28(40-26)37-12-8-7-9-13-37/h14-16,18H,6-13,17H2,1-5H3,(H,32,33)/t18-,29-/m1/s1. The van der Waals surface area contributed by atoms with Crippen LogP contribution in [0.3, 0.4) is 0 Å². The van der Waals surface area contributed by atoms with E-state index in [-0.39, 0.29) is 22.9 Å². The highest BCUT2D eigenvalue weighted by atomic mass is 32.1. The second-order valence-corrected chi connectivity index (χ2v) is 12.0. The number of nitrogens with one attached hydrogen (secondary N) is 1. The summed E-state index contributed by atoms with van der Waals surface area (Å²) in [6.07, 6.45) is 6.45. The van der Waals surface area contributed by atoms with Crippen molar-refractivity contribution in [2.24, 2.45) is 0 Å². The van der Waals surface area contributed by atoms with Crippen LogP contribution < -0.4 is 15.0 Å². The zero-order chi connectivity index (χ0) is 28.4. The third-order valence-corrected chi connectivity index (χ3v) is 9.09. The molecule has 0 radical (unpaired) electrons. The van der Waals surface area contributed by atoms with Gasteiger partial charge in [0.25, 0.3) is 0 Å². The van der Waals surface area contributed by atoms with Crippen LogP contribution in [0.2, 0.25) is 0 Å². The van der Waals surface area contributed by atoms with Gasteiger partial charge in [0.05, 0.1) is 30.5 Å². The summed E-state index contributed by atoms with van der Waals surface area (Å²) in [6.45, 7) is 10.9. The number of pyridine rings is 2. The Morgan fingerprint density at radius 3 is 2.77 bits per heavy atom. The summed E-state index contributed by atoms with van der Waals surface area (Å²) in [4.78, 5) is 26.5. The first-order chi connectivity index (χ1) is 19.2. The van der Waals surface area contributed by atoms with Crippen LogP contribution in [0.25, 0.3) is 10.6 Å². The summed E-state index contributed by atoms with van der Waals surface area (Å²) in [6, 6.07) is 3.69. The summed E-state index contributed by atoms with van der Waals surface area (Å²) in [7, 11) is 1.47. The number of aromatic nitrogens is 4. The number of nitrogens with zero attached hydrogens (tertiary/aromatic N) is 6. The molecule has 1 saturated heterocycles. The average molecular weight is 568 g/mol. The Bertz CT molecular complexity index is 1380. The van der Waals surface area contributed by atoms with E-state index in [0.717, 1.165) is 64.9 Å². The van der Waals surface area contributed by atoms with Crippen LogP contribution in [0, 0.1) is 12.7 Å². The number of ether oxygens (including phenoxy) is 1. The van der Waals surface area contributed by atoms with Crippen LogP contribution in [-0.4, -0.2) is 69.8 Å². The highest BCUT2D eigenvalue weighted by Gasteiger charge is 2.35. The van der Waals surface area contributed by atoms with E-state index in [1.807, 2.05) is 13.8 Å². The quantitative estimate of drug-likeness (QED) is 0.396. The van der Waals surface area contributed by atoms with Crippen molar-refractivity contribution in [1.82, 2.24) is 25.1 Å². The molecule has 2 aliphatic rings. The number of piperidine rings is 1. The summed E-state index contributed by atoms with van der Waals surface area (Å²) < 4.78 is 19.7. The molecular weight excluding hydrogens is 529 g/mol. The van der Waals surface area contributed by atoms with E-state index in [0.29, 0.717) is 13.1 Å². The predicted octanol–water partition coefficient (Wildman–Crippen LogP) is 5.21. The van der Waals surface area contributed by atoms with Gasteiger partial charge < -0.3 is 19.9 Å². The van der Waals surface area contributed by atoms with Gasteiger partial charge in [0.2, 0.25) is 16.9 Å². The molecule has 214 valence electrons. The fourth-order valence-corrected chi connectivity index (χ4v) is 6.59. The van der Waals surface area contributed by atoms with Gasteiger partial charge in [-0.2, -0.15) is 0 Å². The second-order valence-electron chi connectivity index (χ2n) is 11.1. The van der Waals surface area contributed by atoms with Gasteiger partial charge in [0.15, 0.2) is 5.01 Å². The zero-order valence-electron chi connectivity index (χ0n) is 24.0. The normalized spacial score (nSPS) is 19.5. The number of aryl methyl sites for hydroxylation is 2. The molecule has 40 heavy (non-hydrogen) atoms. The number of hydrogen-bond donors (Lipinski definition) is 1. The molecule has 0 bridgehead atoms. The lowest BCUT2D eigenvalue weighted by molar-refractivity contribution is -0.133. The Kier molecular flexibility index (Phi) is 8.21. The van der Waals surface area contributed by atoms with Crippen molar-refractivity contribution in [1.29, 1.82) is 0 Å². The number of halogens is 1. The first-order valence-electron chi connectivity index (χ1n) is 14.1. The Morgan fingerprint density at radius 1 is 1.27 bits per heavy atom. The molecule has 5 heterocycles. The minimum atomic E-state index is -0.666. The molecule has 11 heteroatoms. The lowest BCUT2D eigenvalue weighted by Gasteiger charge is -2.40. The molecule has 9 nitrogen and oxygen atoms in total. The van der Waals surface area contributed by atoms with Crippen molar-refractivity contribution in [3.05, 3.63) is 41.0 Å². The van der Waals surface area contributed by atoms with Gasteiger partial charge in [-0.25, -0.2) is 14.4 Å². The van der Waals surface area contributed by atoms with Gasteiger partial charge in [-0.1, -0.05) is 11.3 Å². The number of carbonyl (C=O) groups is 1. The van der Waals surface area contributed by atoms with Gasteiger partial charge >= 0.3 is 0 Å². The van der Waals surface area contributed by atoms with Crippen LogP contribution in [0.15, 0.2) is 18.3 Å². The first-order valence-corrected chi connectivity index (χ1v) is 14.9. The Labute approximate surface area is 239 Å². The Morgan fingerprint density at radius 2 is 2.05 bits per heavy atom. The van der Waals surface area contributed by atoms with E-state index in [1.165, 1.54) is 32.4 Å². The van der Waals surface area contributed by atoms with E-state index in [9.17, 15) is 9.18 Å². The maximum Gasteiger partial charge on any atom is 0.230 e. The molecule has 2 aliphatic heterocycles. The van der Waals surface area contributed by atoms with Gasteiger partial charge in [0.1, 0.15) is 11.6 Å². The number of carbonyl (C=O) groups excluding carboxylic acids is 1. The lowest BCUT2D eigenvalue weighted by atomic mass is 9.87. The highest BCUT2D eigenvalue weighted by molar-refractivity contribution is 7.18. The van der Waals surface area contributed by atoms with E-state index in [1.54, 1.807) is 23.2 Å². The predicted molar refractivity (Wildman–Crippen MR) is 156 cm³/mol. The van der Waals surface area contributed by atoms with Crippen LogP contribution in [-0.2, 0) is 11.2 Å². The largest absolute Gasteiger partial charge is 0.481 e. The van der Waals surface area contributed by atoms with Crippen molar-refractivity contribution in [2.45, 2.75) is 71.3 Å². The average Bonchev–Trinajstić information content (AvgIpc) is 3.46. The number of amides is 1. The minimum Gasteiger partial charge on any atom is -0.481 e. The second kappa shape index (κ2) is 11.6.